The zero-order valence-corrected chi connectivity index (χ0v) is 10.6. The lowest BCUT2D eigenvalue weighted by molar-refractivity contribution is 0.815. The Kier molecular flexibility index (Phi) is 2.70. The summed E-state index contributed by atoms with van der Waals surface area (Å²) in [6.07, 6.45) is 2.47. The molecule has 2 N–H and O–H groups in total. The molecule has 1 aromatic carbocycles. The summed E-state index contributed by atoms with van der Waals surface area (Å²) >= 11 is 0. The smallest absolute Gasteiger partial charge is 0.155 e. The lowest BCUT2D eigenvalue weighted by Gasteiger charge is -2.19. The van der Waals surface area contributed by atoms with Crippen molar-refractivity contribution in [2.75, 3.05) is 23.7 Å². The lowest BCUT2D eigenvalue weighted by Crippen LogP contribution is -2.22. The predicted molar refractivity (Wildman–Crippen MR) is 74.2 cm³/mol. The fourth-order valence-corrected chi connectivity index (χ4v) is 2.51. The van der Waals surface area contributed by atoms with Crippen molar-refractivity contribution in [3.05, 3.63) is 36.0 Å². The van der Waals surface area contributed by atoms with E-state index in [4.69, 9.17) is 5.73 Å². The zero-order valence-electron chi connectivity index (χ0n) is 10.6. The molecule has 1 aliphatic heterocycles. The standard InChI is InChI=1S/C14H18N4/c1-11-13(15)14(17-9-5-6-10-17)18(16-11)12-7-3-2-4-8-12/h2-4,7-8H,5-6,9-10,15H2,1H3. The van der Waals surface area contributed by atoms with Gasteiger partial charge in [0, 0.05) is 13.1 Å². The molecule has 4 heteroatoms. The van der Waals surface area contributed by atoms with Gasteiger partial charge in [-0.25, -0.2) is 4.68 Å². The Balaban J connectivity index is 2.11. The van der Waals surface area contributed by atoms with E-state index in [0.717, 1.165) is 36.0 Å². The summed E-state index contributed by atoms with van der Waals surface area (Å²) in [6, 6.07) is 10.2. The third-order valence-corrected chi connectivity index (χ3v) is 3.49. The first-order valence-electron chi connectivity index (χ1n) is 6.43. The molecule has 1 aromatic heterocycles. The van der Waals surface area contributed by atoms with Gasteiger partial charge in [-0.15, -0.1) is 0 Å². The molecule has 1 fully saturated rings. The lowest BCUT2D eigenvalue weighted by atomic mass is 10.3. The van der Waals surface area contributed by atoms with Gasteiger partial charge in [0.1, 0.15) is 0 Å². The normalized spacial score (nSPS) is 15.3. The van der Waals surface area contributed by atoms with Gasteiger partial charge in [-0.2, -0.15) is 5.10 Å². The van der Waals surface area contributed by atoms with Crippen molar-refractivity contribution >= 4 is 11.5 Å². The number of hydrogen-bond acceptors (Lipinski definition) is 3. The van der Waals surface area contributed by atoms with Crippen LogP contribution in [0.4, 0.5) is 11.5 Å². The van der Waals surface area contributed by atoms with Gasteiger partial charge in [0.2, 0.25) is 0 Å². The number of benzene rings is 1. The second kappa shape index (κ2) is 4.37. The second-order valence-electron chi connectivity index (χ2n) is 4.76. The Hall–Kier alpha value is -1.97. The first-order chi connectivity index (χ1) is 8.77. The highest BCUT2D eigenvalue weighted by molar-refractivity contribution is 5.69. The maximum absolute atomic E-state index is 6.20. The fourth-order valence-electron chi connectivity index (χ4n) is 2.51. The van der Waals surface area contributed by atoms with E-state index < -0.39 is 0 Å². The zero-order chi connectivity index (χ0) is 12.5. The molecule has 0 spiro atoms. The molecule has 1 saturated heterocycles. The quantitative estimate of drug-likeness (QED) is 0.879. The van der Waals surface area contributed by atoms with Crippen LogP contribution in [0.2, 0.25) is 0 Å². The van der Waals surface area contributed by atoms with Crippen molar-refractivity contribution in [1.29, 1.82) is 0 Å². The van der Waals surface area contributed by atoms with Gasteiger partial charge in [0.05, 0.1) is 17.1 Å². The van der Waals surface area contributed by atoms with E-state index in [2.05, 4.69) is 22.1 Å². The molecule has 94 valence electrons. The molecular weight excluding hydrogens is 224 g/mol. The van der Waals surface area contributed by atoms with Crippen LogP contribution < -0.4 is 10.6 Å². The van der Waals surface area contributed by atoms with E-state index in [1.807, 2.05) is 29.8 Å². The van der Waals surface area contributed by atoms with E-state index in [-0.39, 0.29) is 0 Å². The Labute approximate surface area is 107 Å². The average Bonchev–Trinajstić information content (AvgIpc) is 3.00. The second-order valence-corrected chi connectivity index (χ2v) is 4.76. The molecule has 3 rings (SSSR count). The highest BCUT2D eigenvalue weighted by Crippen LogP contribution is 2.31. The van der Waals surface area contributed by atoms with Crippen LogP contribution in [0, 0.1) is 6.92 Å². The highest BCUT2D eigenvalue weighted by atomic mass is 15.4. The van der Waals surface area contributed by atoms with Crippen LogP contribution in [-0.2, 0) is 0 Å². The van der Waals surface area contributed by atoms with E-state index in [9.17, 15) is 0 Å². The molecule has 18 heavy (non-hydrogen) atoms. The van der Waals surface area contributed by atoms with Crippen LogP contribution in [-0.4, -0.2) is 22.9 Å². The maximum Gasteiger partial charge on any atom is 0.155 e. The number of aryl methyl sites for hydroxylation is 1. The van der Waals surface area contributed by atoms with Crippen LogP contribution in [0.5, 0.6) is 0 Å². The van der Waals surface area contributed by atoms with E-state index in [1.165, 1.54) is 12.8 Å². The van der Waals surface area contributed by atoms with Crippen molar-refractivity contribution in [2.24, 2.45) is 0 Å². The summed E-state index contributed by atoms with van der Waals surface area (Å²) in [6.45, 7) is 4.11. The summed E-state index contributed by atoms with van der Waals surface area (Å²) in [5.41, 5.74) is 8.97. The van der Waals surface area contributed by atoms with Gasteiger partial charge in [-0.05, 0) is 31.9 Å². The average molecular weight is 242 g/mol. The molecule has 2 heterocycles. The van der Waals surface area contributed by atoms with E-state index in [0.29, 0.717) is 0 Å². The van der Waals surface area contributed by atoms with Crippen LogP contribution in [0.15, 0.2) is 30.3 Å². The largest absolute Gasteiger partial charge is 0.394 e. The number of aromatic nitrogens is 2. The first kappa shape index (κ1) is 11.1. The van der Waals surface area contributed by atoms with E-state index >= 15 is 0 Å². The van der Waals surface area contributed by atoms with Gasteiger partial charge in [0.15, 0.2) is 5.82 Å². The number of nitrogens with two attached hydrogens (primary N) is 1. The molecule has 1 aliphatic rings. The highest BCUT2D eigenvalue weighted by Gasteiger charge is 2.22. The third kappa shape index (κ3) is 1.74. The Bertz CT molecular complexity index is 538. The predicted octanol–water partition coefficient (Wildman–Crippen LogP) is 2.36. The minimum atomic E-state index is 0.806. The number of rotatable bonds is 2. The summed E-state index contributed by atoms with van der Waals surface area (Å²) in [5.74, 6) is 1.05. The molecule has 0 amide bonds. The summed E-state index contributed by atoms with van der Waals surface area (Å²) in [5, 5.41) is 4.58. The monoisotopic (exact) mass is 242 g/mol. The van der Waals surface area contributed by atoms with Crippen LogP contribution in [0.3, 0.4) is 0 Å². The molecular formula is C14H18N4. The minimum Gasteiger partial charge on any atom is -0.394 e. The molecule has 0 atom stereocenters. The molecule has 4 nitrogen and oxygen atoms in total. The van der Waals surface area contributed by atoms with Gasteiger partial charge < -0.3 is 10.6 Å². The number of para-hydroxylation sites is 1. The SMILES string of the molecule is Cc1nn(-c2ccccc2)c(N2CCCC2)c1N. The minimum absolute atomic E-state index is 0.806. The summed E-state index contributed by atoms with van der Waals surface area (Å²) in [4.78, 5) is 2.34. The molecule has 0 unspecified atom stereocenters. The third-order valence-electron chi connectivity index (χ3n) is 3.49. The van der Waals surface area contributed by atoms with Crippen molar-refractivity contribution < 1.29 is 0 Å². The van der Waals surface area contributed by atoms with Crippen LogP contribution >= 0.6 is 0 Å². The van der Waals surface area contributed by atoms with Crippen molar-refractivity contribution in [3.63, 3.8) is 0 Å². The van der Waals surface area contributed by atoms with E-state index in [1.54, 1.807) is 0 Å². The van der Waals surface area contributed by atoms with Crippen molar-refractivity contribution in [3.8, 4) is 5.69 Å². The Morgan fingerprint density at radius 2 is 1.78 bits per heavy atom. The van der Waals surface area contributed by atoms with Crippen molar-refractivity contribution in [2.45, 2.75) is 19.8 Å². The van der Waals surface area contributed by atoms with Gasteiger partial charge in [0.25, 0.3) is 0 Å². The number of hydrogen-bond donors (Lipinski definition) is 1. The van der Waals surface area contributed by atoms with Gasteiger partial charge >= 0.3 is 0 Å². The summed E-state index contributed by atoms with van der Waals surface area (Å²) in [7, 11) is 0. The number of nitrogen functional groups attached to an aromatic ring is 1. The van der Waals surface area contributed by atoms with Gasteiger partial charge in [-0.1, -0.05) is 18.2 Å². The Morgan fingerprint density at radius 3 is 2.44 bits per heavy atom. The van der Waals surface area contributed by atoms with Gasteiger partial charge in [-0.3, -0.25) is 0 Å². The maximum atomic E-state index is 6.20. The summed E-state index contributed by atoms with van der Waals surface area (Å²) < 4.78 is 1.97. The molecule has 2 aromatic rings. The topological polar surface area (TPSA) is 47.1 Å². The molecule has 0 saturated carbocycles. The van der Waals surface area contributed by atoms with Crippen LogP contribution in [0.25, 0.3) is 5.69 Å². The Morgan fingerprint density at radius 1 is 1.11 bits per heavy atom. The fraction of sp³-hybridized carbons (Fsp3) is 0.357. The first-order valence-corrected chi connectivity index (χ1v) is 6.43. The molecule has 0 aliphatic carbocycles. The number of nitrogens with zero attached hydrogens (tertiary/aromatic N) is 3. The molecule has 0 radical (unpaired) electrons. The van der Waals surface area contributed by atoms with Crippen molar-refractivity contribution in [1.82, 2.24) is 9.78 Å². The number of anilines is 2. The molecule has 0 bridgehead atoms. The van der Waals surface area contributed by atoms with Crippen LogP contribution in [0.1, 0.15) is 18.5 Å².